The van der Waals surface area contributed by atoms with Gasteiger partial charge in [0.1, 0.15) is 11.6 Å². The lowest BCUT2D eigenvalue weighted by atomic mass is 10.3. The van der Waals surface area contributed by atoms with E-state index in [2.05, 4.69) is 41.0 Å². The van der Waals surface area contributed by atoms with Crippen molar-refractivity contribution in [1.29, 1.82) is 0 Å². The van der Waals surface area contributed by atoms with Crippen molar-refractivity contribution in [2.45, 2.75) is 53.5 Å². The maximum atomic E-state index is 4.61. The van der Waals surface area contributed by atoms with E-state index in [1.807, 2.05) is 13.0 Å². The second-order valence-corrected chi connectivity index (χ2v) is 5.01. The van der Waals surface area contributed by atoms with Crippen molar-refractivity contribution in [1.82, 2.24) is 14.9 Å². The summed E-state index contributed by atoms with van der Waals surface area (Å²) in [5.74, 6) is 1.89. The lowest BCUT2D eigenvalue weighted by molar-refractivity contribution is 0.260. The van der Waals surface area contributed by atoms with Crippen LogP contribution in [-0.2, 0) is 6.54 Å². The van der Waals surface area contributed by atoms with Crippen LogP contribution in [0.1, 0.15) is 51.6 Å². The number of anilines is 1. The third-order valence-electron chi connectivity index (χ3n) is 2.90. The summed E-state index contributed by atoms with van der Waals surface area (Å²) in [6, 6.07) is 2.02. The topological polar surface area (TPSA) is 41.1 Å². The molecule has 0 atom stereocenters. The first-order chi connectivity index (χ1) is 9.19. The van der Waals surface area contributed by atoms with E-state index < -0.39 is 0 Å². The standard InChI is InChI=1S/C15H28N4/c1-5-8-16-14-11-13(4)17-15(18-14)12-19(9-6-2)10-7-3/h11H,5-10,12H2,1-4H3,(H,16,17,18). The minimum Gasteiger partial charge on any atom is -0.370 e. The van der Waals surface area contributed by atoms with Crippen molar-refractivity contribution in [2.24, 2.45) is 0 Å². The third kappa shape index (κ3) is 6.01. The Labute approximate surface area is 117 Å². The molecule has 1 rings (SSSR count). The predicted molar refractivity (Wildman–Crippen MR) is 81.4 cm³/mol. The maximum absolute atomic E-state index is 4.61. The maximum Gasteiger partial charge on any atom is 0.144 e. The molecule has 0 aliphatic rings. The van der Waals surface area contributed by atoms with Gasteiger partial charge in [0.15, 0.2) is 0 Å². The molecule has 0 radical (unpaired) electrons. The van der Waals surface area contributed by atoms with Crippen LogP contribution in [0.25, 0.3) is 0 Å². The van der Waals surface area contributed by atoms with E-state index in [9.17, 15) is 0 Å². The molecular formula is C15H28N4. The van der Waals surface area contributed by atoms with Crippen molar-refractivity contribution in [3.8, 4) is 0 Å². The van der Waals surface area contributed by atoms with Crippen molar-refractivity contribution in [3.63, 3.8) is 0 Å². The second-order valence-electron chi connectivity index (χ2n) is 5.01. The Hall–Kier alpha value is -1.16. The van der Waals surface area contributed by atoms with Crippen LogP contribution in [0.3, 0.4) is 0 Å². The highest BCUT2D eigenvalue weighted by Crippen LogP contribution is 2.09. The molecule has 0 bridgehead atoms. The van der Waals surface area contributed by atoms with Gasteiger partial charge in [0.05, 0.1) is 6.54 Å². The number of nitrogens with zero attached hydrogens (tertiary/aromatic N) is 3. The van der Waals surface area contributed by atoms with Crippen molar-refractivity contribution >= 4 is 5.82 Å². The molecule has 1 heterocycles. The number of aryl methyl sites for hydroxylation is 1. The van der Waals surface area contributed by atoms with E-state index in [1.54, 1.807) is 0 Å². The summed E-state index contributed by atoms with van der Waals surface area (Å²) in [5.41, 5.74) is 1.04. The number of rotatable bonds is 9. The molecule has 1 N–H and O–H groups in total. The number of hydrogen-bond acceptors (Lipinski definition) is 4. The van der Waals surface area contributed by atoms with Crippen LogP contribution in [-0.4, -0.2) is 34.5 Å². The average Bonchev–Trinajstić information content (AvgIpc) is 2.36. The van der Waals surface area contributed by atoms with Crippen molar-refractivity contribution in [3.05, 3.63) is 17.6 Å². The molecule has 0 amide bonds. The molecule has 4 heteroatoms. The zero-order valence-corrected chi connectivity index (χ0v) is 12.9. The summed E-state index contributed by atoms with van der Waals surface area (Å²) in [6.07, 6.45) is 3.45. The van der Waals surface area contributed by atoms with Gasteiger partial charge in [-0.25, -0.2) is 9.97 Å². The molecule has 4 nitrogen and oxygen atoms in total. The highest BCUT2D eigenvalue weighted by atomic mass is 15.1. The monoisotopic (exact) mass is 264 g/mol. The summed E-state index contributed by atoms with van der Waals surface area (Å²) < 4.78 is 0. The van der Waals surface area contributed by atoms with E-state index in [4.69, 9.17) is 0 Å². The second kappa shape index (κ2) is 8.86. The largest absolute Gasteiger partial charge is 0.370 e. The summed E-state index contributed by atoms with van der Waals surface area (Å²) in [4.78, 5) is 11.6. The molecule has 0 aliphatic carbocycles. The molecule has 0 aromatic carbocycles. The molecule has 1 aromatic heterocycles. The fourth-order valence-electron chi connectivity index (χ4n) is 2.15. The zero-order chi connectivity index (χ0) is 14.1. The van der Waals surface area contributed by atoms with Gasteiger partial charge in [-0.15, -0.1) is 0 Å². The Morgan fingerprint density at radius 1 is 1.05 bits per heavy atom. The van der Waals surface area contributed by atoms with Gasteiger partial charge in [-0.3, -0.25) is 4.90 Å². The third-order valence-corrected chi connectivity index (χ3v) is 2.90. The van der Waals surface area contributed by atoms with Gasteiger partial charge in [0, 0.05) is 18.3 Å². The summed E-state index contributed by atoms with van der Waals surface area (Å²) >= 11 is 0. The van der Waals surface area contributed by atoms with Crippen molar-refractivity contribution in [2.75, 3.05) is 25.0 Å². The molecular weight excluding hydrogens is 236 g/mol. The van der Waals surface area contributed by atoms with Crippen LogP contribution in [0.15, 0.2) is 6.07 Å². The Morgan fingerprint density at radius 3 is 2.32 bits per heavy atom. The highest BCUT2D eigenvalue weighted by Gasteiger charge is 2.08. The fourth-order valence-corrected chi connectivity index (χ4v) is 2.15. The van der Waals surface area contributed by atoms with E-state index in [0.717, 1.165) is 49.9 Å². The van der Waals surface area contributed by atoms with Crippen LogP contribution in [0, 0.1) is 6.92 Å². The molecule has 19 heavy (non-hydrogen) atoms. The van der Waals surface area contributed by atoms with E-state index in [0.29, 0.717) is 0 Å². The molecule has 0 fully saturated rings. The van der Waals surface area contributed by atoms with Gasteiger partial charge in [-0.1, -0.05) is 20.8 Å². The first-order valence-electron chi connectivity index (χ1n) is 7.50. The van der Waals surface area contributed by atoms with Crippen LogP contribution in [0.4, 0.5) is 5.82 Å². The minimum absolute atomic E-state index is 0.851. The quantitative estimate of drug-likeness (QED) is 0.743. The first-order valence-corrected chi connectivity index (χ1v) is 7.50. The number of hydrogen-bond donors (Lipinski definition) is 1. The lowest BCUT2D eigenvalue weighted by Crippen LogP contribution is -2.26. The Kier molecular flexibility index (Phi) is 7.41. The van der Waals surface area contributed by atoms with Crippen LogP contribution < -0.4 is 5.32 Å². The van der Waals surface area contributed by atoms with E-state index >= 15 is 0 Å². The average molecular weight is 264 g/mol. The summed E-state index contributed by atoms with van der Waals surface area (Å²) in [5, 5.41) is 3.34. The van der Waals surface area contributed by atoms with Gasteiger partial charge in [0.25, 0.3) is 0 Å². The SMILES string of the molecule is CCCNc1cc(C)nc(CN(CCC)CCC)n1. The predicted octanol–water partition coefficient (Wildman–Crippen LogP) is 3.23. The molecule has 0 aliphatic heterocycles. The van der Waals surface area contributed by atoms with E-state index in [-0.39, 0.29) is 0 Å². The van der Waals surface area contributed by atoms with Crippen LogP contribution in [0.5, 0.6) is 0 Å². The highest BCUT2D eigenvalue weighted by molar-refractivity contribution is 5.35. The smallest absolute Gasteiger partial charge is 0.144 e. The molecule has 0 saturated carbocycles. The minimum atomic E-state index is 0.851. The molecule has 0 saturated heterocycles. The number of nitrogens with one attached hydrogen (secondary N) is 1. The Balaban J connectivity index is 2.72. The lowest BCUT2D eigenvalue weighted by Gasteiger charge is -2.20. The Bertz CT molecular complexity index is 359. The molecule has 1 aromatic rings. The van der Waals surface area contributed by atoms with Gasteiger partial charge >= 0.3 is 0 Å². The molecule has 108 valence electrons. The summed E-state index contributed by atoms with van der Waals surface area (Å²) in [6.45, 7) is 12.7. The normalized spacial score (nSPS) is 11.0. The fraction of sp³-hybridized carbons (Fsp3) is 0.733. The van der Waals surface area contributed by atoms with Gasteiger partial charge in [-0.05, 0) is 39.3 Å². The van der Waals surface area contributed by atoms with Crippen LogP contribution in [0.2, 0.25) is 0 Å². The zero-order valence-electron chi connectivity index (χ0n) is 12.9. The van der Waals surface area contributed by atoms with Gasteiger partial charge in [0.2, 0.25) is 0 Å². The molecule has 0 spiro atoms. The molecule has 0 unspecified atom stereocenters. The first kappa shape index (κ1) is 15.9. The number of aromatic nitrogens is 2. The Morgan fingerprint density at radius 2 is 1.74 bits per heavy atom. The summed E-state index contributed by atoms with van der Waals surface area (Å²) in [7, 11) is 0. The van der Waals surface area contributed by atoms with E-state index in [1.165, 1.54) is 12.8 Å². The van der Waals surface area contributed by atoms with Gasteiger partial charge < -0.3 is 5.32 Å². The van der Waals surface area contributed by atoms with Crippen molar-refractivity contribution < 1.29 is 0 Å². The van der Waals surface area contributed by atoms with Crippen LogP contribution >= 0.6 is 0 Å². The van der Waals surface area contributed by atoms with Gasteiger partial charge in [-0.2, -0.15) is 0 Å².